The fourth-order valence-electron chi connectivity index (χ4n) is 1.93. The molecule has 0 radical (unpaired) electrons. The molecule has 0 saturated heterocycles. The number of rotatable bonds is 3. The van der Waals surface area contributed by atoms with Crippen molar-refractivity contribution in [3.63, 3.8) is 0 Å². The van der Waals surface area contributed by atoms with Gasteiger partial charge in [0.1, 0.15) is 17.3 Å². The molecule has 0 fully saturated rings. The van der Waals surface area contributed by atoms with Crippen molar-refractivity contribution in [1.82, 2.24) is 30.1 Å². The average Bonchev–Trinajstić information content (AvgIpc) is 2.87. The lowest BCUT2D eigenvalue weighted by molar-refractivity contribution is 0.828. The van der Waals surface area contributed by atoms with Gasteiger partial charge in [-0.25, -0.2) is 4.98 Å². The molecule has 0 saturated carbocycles. The van der Waals surface area contributed by atoms with E-state index in [4.69, 9.17) is 11.5 Å². The predicted octanol–water partition coefficient (Wildman–Crippen LogP) is 0.480. The zero-order valence-electron chi connectivity index (χ0n) is 10.7. The number of fused-ring (bicyclic) bond motifs is 1. The van der Waals surface area contributed by atoms with Crippen LogP contribution in [0.3, 0.4) is 0 Å². The van der Waals surface area contributed by atoms with E-state index in [1.165, 1.54) is 0 Å². The van der Waals surface area contributed by atoms with E-state index in [1.807, 2.05) is 6.92 Å². The lowest BCUT2D eigenvalue weighted by Crippen LogP contribution is -2.13. The number of hydrogen-bond acceptors (Lipinski definition) is 8. The van der Waals surface area contributed by atoms with E-state index >= 15 is 0 Å². The number of nitrogen functional groups attached to an aromatic ring is 2. The van der Waals surface area contributed by atoms with Crippen LogP contribution in [-0.2, 0) is 0 Å². The summed E-state index contributed by atoms with van der Waals surface area (Å²) in [5, 5.41) is 10.6. The molecule has 1 atom stereocenters. The Hall–Kier alpha value is -2.97. The second kappa shape index (κ2) is 4.61. The van der Waals surface area contributed by atoms with E-state index in [-0.39, 0.29) is 12.0 Å². The third-order valence-corrected chi connectivity index (χ3v) is 2.85. The summed E-state index contributed by atoms with van der Waals surface area (Å²) in [6.07, 6.45) is 4.76. The standard InChI is InChI=1S/C11H13N9/c1-5(7-8(12)15-3-2-14-7)17-9-6-4-16-20-10(6)19-11(13)18-9/h2-5H,1H3,(H2,12,15)(H4,13,16,17,18,19,20). The zero-order chi connectivity index (χ0) is 14.1. The van der Waals surface area contributed by atoms with Crippen LogP contribution in [0.25, 0.3) is 11.0 Å². The van der Waals surface area contributed by atoms with Crippen LogP contribution in [-0.4, -0.2) is 30.1 Å². The molecule has 3 rings (SSSR count). The molecule has 0 aliphatic rings. The lowest BCUT2D eigenvalue weighted by atomic mass is 10.2. The van der Waals surface area contributed by atoms with Crippen molar-refractivity contribution >= 4 is 28.6 Å². The molecule has 0 aromatic carbocycles. The van der Waals surface area contributed by atoms with E-state index in [0.29, 0.717) is 23.0 Å². The van der Waals surface area contributed by atoms with E-state index in [9.17, 15) is 0 Å². The van der Waals surface area contributed by atoms with Crippen LogP contribution in [0.2, 0.25) is 0 Å². The van der Waals surface area contributed by atoms with Gasteiger partial charge in [0.05, 0.1) is 17.6 Å². The number of aromatic amines is 1. The number of nitrogens with zero attached hydrogens (tertiary/aromatic N) is 5. The summed E-state index contributed by atoms with van der Waals surface area (Å²) in [7, 11) is 0. The second-order valence-corrected chi connectivity index (χ2v) is 4.26. The van der Waals surface area contributed by atoms with Gasteiger partial charge >= 0.3 is 0 Å². The van der Waals surface area contributed by atoms with Crippen molar-refractivity contribution in [2.24, 2.45) is 0 Å². The molecule has 1 unspecified atom stereocenters. The van der Waals surface area contributed by atoms with E-state index in [2.05, 4.69) is 35.5 Å². The molecule has 6 N–H and O–H groups in total. The smallest absolute Gasteiger partial charge is 0.224 e. The van der Waals surface area contributed by atoms with Gasteiger partial charge in [-0.3, -0.25) is 10.1 Å². The molecule has 20 heavy (non-hydrogen) atoms. The minimum absolute atomic E-state index is 0.156. The molecule has 3 aromatic rings. The third-order valence-electron chi connectivity index (χ3n) is 2.85. The van der Waals surface area contributed by atoms with Crippen molar-refractivity contribution in [3.8, 4) is 0 Å². The van der Waals surface area contributed by atoms with Gasteiger partial charge in [-0.1, -0.05) is 0 Å². The van der Waals surface area contributed by atoms with Gasteiger partial charge in [-0.15, -0.1) is 0 Å². The Balaban J connectivity index is 1.97. The highest BCUT2D eigenvalue weighted by atomic mass is 15.2. The molecule has 0 bridgehead atoms. The first-order chi connectivity index (χ1) is 9.65. The molecular weight excluding hydrogens is 258 g/mol. The van der Waals surface area contributed by atoms with Crippen molar-refractivity contribution in [3.05, 3.63) is 24.3 Å². The Bertz CT molecular complexity index is 750. The second-order valence-electron chi connectivity index (χ2n) is 4.26. The number of H-pyrrole nitrogens is 1. The van der Waals surface area contributed by atoms with Gasteiger partial charge in [-0.2, -0.15) is 15.1 Å². The fourth-order valence-corrected chi connectivity index (χ4v) is 1.93. The van der Waals surface area contributed by atoms with Gasteiger partial charge in [0.15, 0.2) is 5.65 Å². The highest BCUT2D eigenvalue weighted by molar-refractivity contribution is 5.86. The molecule has 102 valence electrons. The van der Waals surface area contributed by atoms with E-state index in [0.717, 1.165) is 5.39 Å². The molecule has 3 heterocycles. The van der Waals surface area contributed by atoms with Crippen molar-refractivity contribution in [2.45, 2.75) is 13.0 Å². The molecule has 9 heteroatoms. The summed E-state index contributed by atoms with van der Waals surface area (Å²) in [6.45, 7) is 1.91. The van der Waals surface area contributed by atoms with Crippen LogP contribution >= 0.6 is 0 Å². The molecule has 0 aliphatic heterocycles. The minimum atomic E-state index is -0.184. The Morgan fingerprint density at radius 2 is 2.00 bits per heavy atom. The molecular formula is C11H13N9. The number of nitrogens with one attached hydrogen (secondary N) is 2. The van der Waals surface area contributed by atoms with Crippen LogP contribution in [0.4, 0.5) is 17.6 Å². The Labute approximate surface area is 113 Å². The van der Waals surface area contributed by atoms with E-state index < -0.39 is 0 Å². The first-order valence-corrected chi connectivity index (χ1v) is 5.94. The van der Waals surface area contributed by atoms with Crippen molar-refractivity contribution in [1.29, 1.82) is 0 Å². The highest BCUT2D eigenvalue weighted by Gasteiger charge is 2.15. The number of aromatic nitrogens is 6. The normalized spacial score (nSPS) is 12.4. The van der Waals surface area contributed by atoms with Gasteiger partial charge in [-0.05, 0) is 6.92 Å². The number of nitrogens with two attached hydrogens (primary N) is 2. The topological polar surface area (TPSA) is 144 Å². The largest absolute Gasteiger partial charge is 0.382 e. The molecule has 0 amide bonds. The fraction of sp³-hybridized carbons (Fsp3) is 0.182. The van der Waals surface area contributed by atoms with Gasteiger partial charge in [0, 0.05) is 12.4 Å². The zero-order valence-corrected chi connectivity index (χ0v) is 10.7. The van der Waals surface area contributed by atoms with Crippen LogP contribution in [0, 0.1) is 0 Å². The Morgan fingerprint density at radius 3 is 2.80 bits per heavy atom. The first-order valence-electron chi connectivity index (χ1n) is 5.94. The van der Waals surface area contributed by atoms with E-state index in [1.54, 1.807) is 18.6 Å². The summed E-state index contributed by atoms with van der Waals surface area (Å²) in [6, 6.07) is -0.184. The van der Waals surface area contributed by atoms with Gasteiger partial charge < -0.3 is 16.8 Å². The van der Waals surface area contributed by atoms with Gasteiger partial charge in [0.25, 0.3) is 0 Å². The monoisotopic (exact) mass is 271 g/mol. The van der Waals surface area contributed by atoms with Crippen molar-refractivity contribution < 1.29 is 0 Å². The third kappa shape index (κ3) is 2.05. The van der Waals surface area contributed by atoms with Gasteiger partial charge in [0.2, 0.25) is 5.95 Å². The average molecular weight is 271 g/mol. The van der Waals surface area contributed by atoms with Crippen LogP contribution in [0.5, 0.6) is 0 Å². The maximum absolute atomic E-state index is 5.81. The summed E-state index contributed by atoms with van der Waals surface area (Å²) >= 11 is 0. The van der Waals surface area contributed by atoms with Crippen LogP contribution in [0.15, 0.2) is 18.6 Å². The first kappa shape index (κ1) is 12.1. The minimum Gasteiger partial charge on any atom is -0.382 e. The summed E-state index contributed by atoms with van der Waals surface area (Å²) in [5.74, 6) is 1.10. The summed E-state index contributed by atoms with van der Waals surface area (Å²) in [5.41, 5.74) is 12.7. The summed E-state index contributed by atoms with van der Waals surface area (Å²) in [4.78, 5) is 16.5. The van der Waals surface area contributed by atoms with Crippen LogP contribution in [0.1, 0.15) is 18.7 Å². The molecule has 9 nitrogen and oxygen atoms in total. The summed E-state index contributed by atoms with van der Waals surface area (Å²) < 4.78 is 0. The van der Waals surface area contributed by atoms with Crippen molar-refractivity contribution in [2.75, 3.05) is 16.8 Å². The number of hydrogen-bond donors (Lipinski definition) is 4. The Morgan fingerprint density at radius 1 is 1.20 bits per heavy atom. The molecule has 0 spiro atoms. The predicted molar refractivity (Wildman–Crippen MR) is 74.6 cm³/mol. The number of anilines is 3. The van der Waals surface area contributed by atoms with Crippen LogP contribution < -0.4 is 16.8 Å². The quantitative estimate of drug-likeness (QED) is 0.538. The SMILES string of the molecule is CC(Nc1nc(N)nc2[nH]ncc12)c1nccnc1N. The lowest BCUT2D eigenvalue weighted by Gasteiger charge is -2.15. The molecule has 0 aliphatic carbocycles. The maximum atomic E-state index is 5.81. The molecule has 3 aromatic heterocycles. The highest BCUT2D eigenvalue weighted by Crippen LogP contribution is 2.24. The Kier molecular flexibility index (Phi) is 2.78. The maximum Gasteiger partial charge on any atom is 0.224 e.